The SMILES string of the molecule is C[C@@H]1C=C2Nc3ncnn3[C@H](c3ccc(F)cc3)[C@H]2C(=O)C1. The smallest absolute Gasteiger partial charge is 0.226 e. The van der Waals surface area contributed by atoms with Gasteiger partial charge in [0.25, 0.3) is 0 Å². The summed E-state index contributed by atoms with van der Waals surface area (Å²) in [6.45, 7) is 2.02. The molecule has 112 valence electrons. The fourth-order valence-electron chi connectivity index (χ4n) is 3.36. The number of anilines is 1. The third-order valence-electron chi connectivity index (χ3n) is 4.29. The minimum Gasteiger partial charge on any atom is -0.328 e. The zero-order valence-electron chi connectivity index (χ0n) is 12.0. The van der Waals surface area contributed by atoms with Gasteiger partial charge in [0.2, 0.25) is 5.95 Å². The summed E-state index contributed by atoms with van der Waals surface area (Å²) in [5.41, 5.74) is 1.73. The molecule has 2 aromatic rings. The van der Waals surface area contributed by atoms with E-state index < -0.39 is 0 Å². The zero-order valence-corrected chi connectivity index (χ0v) is 12.0. The van der Waals surface area contributed by atoms with E-state index in [1.807, 2.05) is 6.92 Å². The van der Waals surface area contributed by atoms with Crippen LogP contribution in [0.2, 0.25) is 0 Å². The number of rotatable bonds is 1. The normalized spacial score (nSPS) is 26.7. The molecule has 0 saturated carbocycles. The minimum atomic E-state index is -0.323. The summed E-state index contributed by atoms with van der Waals surface area (Å²) in [7, 11) is 0. The van der Waals surface area contributed by atoms with Gasteiger partial charge in [-0.1, -0.05) is 25.1 Å². The molecule has 0 unspecified atom stereocenters. The van der Waals surface area contributed by atoms with Crippen LogP contribution in [0.5, 0.6) is 0 Å². The highest BCUT2D eigenvalue weighted by Gasteiger charge is 2.42. The van der Waals surface area contributed by atoms with Crippen LogP contribution in [0.25, 0.3) is 0 Å². The maximum absolute atomic E-state index is 13.2. The number of Topliss-reactive ketones (excluding diaryl/α,β-unsaturated/α-hetero) is 1. The quantitative estimate of drug-likeness (QED) is 0.879. The first kappa shape index (κ1) is 13.2. The molecule has 0 fully saturated rings. The summed E-state index contributed by atoms with van der Waals surface area (Å²) < 4.78 is 14.9. The molecule has 4 rings (SSSR count). The summed E-state index contributed by atoms with van der Waals surface area (Å²) in [4.78, 5) is 16.8. The molecule has 0 radical (unpaired) electrons. The molecule has 0 bridgehead atoms. The van der Waals surface area contributed by atoms with Crippen molar-refractivity contribution in [2.75, 3.05) is 5.32 Å². The second-order valence-corrected chi connectivity index (χ2v) is 5.90. The summed E-state index contributed by atoms with van der Waals surface area (Å²) in [5.74, 6) is 0.369. The molecule has 3 atom stereocenters. The van der Waals surface area contributed by atoms with E-state index in [1.165, 1.54) is 18.5 Å². The molecule has 1 aliphatic carbocycles. The Kier molecular flexibility index (Phi) is 2.85. The van der Waals surface area contributed by atoms with Crippen LogP contribution < -0.4 is 5.32 Å². The Hall–Kier alpha value is -2.50. The molecule has 22 heavy (non-hydrogen) atoms. The zero-order chi connectivity index (χ0) is 15.3. The number of nitrogens with zero attached hydrogens (tertiary/aromatic N) is 3. The van der Waals surface area contributed by atoms with E-state index in [0.29, 0.717) is 12.4 Å². The first-order valence-electron chi connectivity index (χ1n) is 7.30. The lowest BCUT2D eigenvalue weighted by Crippen LogP contribution is -2.40. The van der Waals surface area contributed by atoms with Gasteiger partial charge in [-0.05, 0) is 23.6 Å². The van der Waals surface area contributed by atoms with Gasteiger partial charge in [-0.25, -0.2) is 9.07 Å². The van der Waals surface area contributed by atoms with Crippen LogP contribution in [0, 0.1) is 17.7 Å². The van der Waals surface area contributed by atoms with Gasteiger partial charge in [-0.3, -0.25) is 4.79 Å². The van der Waals surface area contributed by atoms with Crippen LogP contribution in [-0.4, -0.2) is 20.5 Å². The van der Waals surface area contributed by atoms with Crippen LogP contribution in [0.3, 0.4) is 0 Å². The summed E-state index contributed by atoms with van der Waals surface area (Å²) in [6, 6.07) is 5.95. The minimum absolute atomic E-state index is 0.174. The van der Waals surface area contributed by atoms with Crippen molar-refractivity contribution in [3.63, 3.8) is 0 Å². The van der Waals surface area contributed by atoms with E-state index in [-0.39, 0.29) is 29.5 Å². The molecule has 1 N–H and O–H groups in total. The van der Waals surface area contributed by atoms with Gasteiger partial charge in [0, 0.05) is 12.1 Å². The number of carbonyl (C=O) groups excluding carboxylic acids is 1. The monoisotopic (exact) mass is 298 g/mol. The molecule has 1 aromatic carbocycles. The van der Waals surface area contributed by atoms with Crippen molar-refractivity contribution in [3.8, 4) is 0 Å². The second kappa shape index (κ2) is 4.76. The van der Waals surface area contributed by atoms with E-state index in [1.54, 1.807) is 16.8 Å². The highest BCUT2D eigenvalue weighted by Crippen LogP contribution is 2.41. The Labute approximate surface area is 126 Å². The van der Waals surface area contributed by atoms with Crippen molar-refractivity contribution in [2.45, 2.75) is 19.4 Å². The Morgan fingerprint density at radius 3 is 2.86 bits per heavy atom. The van der Waals surface area contributed by atoms with E-state index in [9.17, 15) is 9.18 Å². The largest absolute Gasteiger partial charge is 0.328 e. The van der Waals surface area contributed by atoms with Crippen molar-refractivity contribution in [1.29, 1.82) is 0 Å². The van der Waals surface area contributed by atoms with E-state index in [2.05, 4.69) is 21.5 Å². The molecule has 0 spiro atoms. The van der Waals surface area contributed by atoms with Crippen LogP contribution >= 0.6 is 0 Å². The fraction of sp³-hybridized carbons (Fsp3) is 0.312. The van der Waals surface area contributed by atoms with Gasteiger partial charge >= 0.3 is 0 Å². The lowest BCUT2D eigenvalue weighted by Gasteiger charge is -2.37. The van der Waals surface area contributed by atoms with Crippen LogP contribution in [0.1, 0.15) is 24.9 Å². The number of hydrogen-bond donors (Lipinski definition) is 1. The molecule has 1 aliphatic heterocycles. The lowest BCUT2D eigenvalue weighted by molar-refractivity contribution is -0.123. The van der Waals surface area contributed by atoms with Crippen molar-refractivity contribution < 1.29 is 9.18 Å². The molecule has 6 heteroatoms. The molecule has 2 heterocycles. The number of hydrogen-bond acceptors (Lipinski definition) is 4. The predicted octanol–water partition coefficient (Wildman–Crippen LogP) is 2.54. The number of allylic oxidation sites excluding steroid dienone is 2. The maximum Gasteiger partial charge on any atom is 0.226 e. The number of fused-ring (bicyclic) bond motifs is 2. The summed E-state index contributed by atoms with van der Waals surface area (Å²) in [5, 5.41) is 7.46. The van der Waals surface area contributed by atoms with E-state index in [0.717, 1.165) is 11.3 Å². The first-order chi connectivity index (χ1) is 10.6. The van der Waals surface area contributed by atoms with E-state index >= 15 is 0 Å². The average Bonchev–Trinajstić information content (AvgIpc) is 2.93. The molecular weight excluding hydrogens is 283 g/mol. The Morgan fingerprint density at radius 2 is 2.09 bits per heavy atom. The first-order valence-corrected chi connectivity index (χ1v) is 7.30. The molecular formula is C16H15FN4O. The van der Waals surface area contributed by atoms with Gasteiger partial charge in [0.1, 0.15) is 17.9 Å². The van der Waals surface area contributed by atoms with Crippen molar-refractivity contribution in [3.05, 3.63) is 53.7 Å². The lowest BCUT2D eigenvalue weighted by atomic mass is 9.78. The number of ketones is 1. The second-order valence-electron chi connectivity index (χ2n) is 5.90. The van der Waals surface area contributed by atoms with Crippen LogP contribution in [-0.2, 0) is 4.79 Å². The number of benzene rings is 1. The van der Waals surface area contributed by atoms with Gasteiger partial charge in [-0.2, -0.15) is 10.1 Å². The molecule has 0 amide bonds. The van der Waals surface area contributed by atoms with Crippen LogP contribution in [0.4, 0.5) is 10.3 Å². The standard InChI is InChI=1S/C16H15FN4O/c1-9-6-12-14(13(22)7-9)15(10-2-4-11(17)5-3-10)21-16(20-12)18-8-19-21/h2-6,8-9,14-15H,7H2,1H3,(H,18,19,20)/t9-,14-,15-/m1/s1. The third-order valence-corrected chi connectivity index (χ3v) is 4.29. The Morgan fingerprint density at radius 1 is 1.32 bits per heavy atom. The average molecular weight is 298 g/mol. The molecule has 1 aromatic heterocycles. The van der Waals surface area contributed by atoms with E-state index in [4.69, 9.17) is 0 Å². The Balaban J connectivity index is 1.88. The number of nitrogens with one attached hydrogen (secondary N) is 1. The molecule has 5 nitrogen and oxygen atoms in total. The predicted molar refractivity (Wildman–Crippen MR) is 78.5 cm³/mol. The fourth-order valence-corrected chi connectivity index (χ4v) is 3.36. The molecule has 0 saturated heterocycles. The Bertz CT molecular complexity index is 765. The van der Waals surface area contributed by atoms with Gasteiger partial charge in [-0.15, -0.1) is 0 Å². The highest BCUT2D eigenvalue weighted by atomic mass is 19.1. The van der Waals surface area contributed by atoms with Gasteiger partial charge in [0.05, 0.1) is 12.0 Å². The van der Waals surface area contributed by atoms with Crippen LogP contribution in [0.15, 0.2) is 42.4 Å². The van der Waals surface area contributed by atoms with Crippen molar-refractivity contribution in [2.24, 2.45) is 11.8 Å². The van der Waals surface area contributed by atoms with Gasteiger partial charge in [0.15, 0.2) is 0 Å². The number of halogens is 1. The summed E-state index contributed by atoms with van der Waals surface area (Å²) in [6.07, 6.45) is 4.06. The van der Waals surface area contributed by atoms with Crippen molar-refractivity contribution >= 4 is 11.7 Å². The highest BCUT2D eigenvalue weighted by molar-refractivity contribution is 5.87. The topological polar surface area (TPSA) is 59.8 Å². The number of carbonyl (C=O) groups is 1. The van der Waals surface area contributed by atoms with Crippen molar-refractivity contribution in [1.82, 2.24) is 14.8 Å². The molecule has 2 aliphatic rings. The maximum atomic E-state index is 13.2. The summed E-state index contributed by atoms with van der Waals surface area (Å²) >= 11 is 0. The number of aromatic nitrogens is 3. The van der Waals surface area contributed by atoms with Gasteiger partial charge < -0.3 is 5.32 Å². The third kappa shape index (κ3) is 1.94.